The van der Waals surface area contributed by atoms with Crippen LogP contribution in [0.5, 0.6) is 0 Å². The Balaban J connectivity index is 1.19. The normalized spacial score (nSPS) is 38.6. The van der Waals surface area contributed by atoms with Gasteiger partial charge in [-0.15, -0.1) is 0 Å². The van der Waals surface area contributed by atoms with Crippen LogP contribution >= 0.6 is 0 Å². The van der Waals surface area contributed by atoms with E-state index in [1.54, 1.807) is 4.90 Å². The van der Waals surface area contributed by atoms with Crippen molar-refractivity contribution in [2.75, 3.05) is 13.1 Å². The van der Waals surface area contributed by atoms with Gasteiger partial charge in [-0.2, -0.15) is 0 Å². The molecule has 1 heterocycles. The molecule has 1 N–H and O–H groups in total. The molecule has 8 nitrogen and oxygen atoms in total. The summed E-state index contributed by atoms with van der Waals surface area (Å²) in [6, 6.07) is -0.296. The van der Waals surface area contributed by atoms with Crippen molar-refractivity contribution in [2.45, 2.75) is 124 Å². The predicted octanol–water partition coefficient (Wildman–Crippen LogP) is 6.04. The number of nitrogens with one attached hydrogen (secondary N) is 1. The van der Waals surface area contributed by atoms with Crippen LogP contribution in [0.25, 0.3) is 0 Å². The second kappa shape index (κ2) is 11.8. The first-order valence-corrected chi connectivity index (χ1v) is 16.2. The van der Waals surface area contributed by atoms with Gasteiger partial charge >= 0.3 is 12.1 Å². The molecule has 5 aliphatic rings. The maximum Gasteiger partial charge on any atom is 0.436 e. The molecule has 4 fully saturated rings. The highest BCUT2D eigenvalue weighted by molar-refractivity contribution is 5.91. The minimum absolute atomic E-state index is 0.0250. The lowest BCUT2D eigenvalue weighted by atomic mass is 9.46. The Labute approximate surface area is 246 Å². The number of fused-ring (bicyclic) bond motifs is 5. The van der Waals surface area contributed by atoms with E-state index >= 15 is 0 Å². The number of likely N-dealkylation sites (N-methyl/N-ethyl adjacent to an activating group) is 1. The van der Waals surface area contributed by atoms with Crippen LogP contribution < -0.4 is 5.32 Å². The zero-order valence-corrected chi connectivity index (χ0v) is 26.0. The third-order valence-corrected chi connectivity index (χ3v) is 11.7. The number of nitrogens with zero attached hydrogens (tertiary/aromatic N) is 2. The van der Waals surface area contributed by atoms with Crippen molar-refractivity contribution in [3.8, 4) is 0 Å². The van der Waals surface area contributed by atoms with E-state index in [9.17, 15) is 14.4 Å². The zero-order chi connectivity index (χ0) is 29.5. The highest BCUT2D eigenvalue weighted by Gasteiger charge is 2.59. The summed E-state index contributed by atoms with van der Waals surface area (Å²) in [5.41, 5.74) is 2.69. The summed E-state index contributed by atoms with van der Waals surface area (Å²) in [4.78, 5) is 44.7. The first-order valence-electron chi connectivity index (χ1n) is 16.2. The zero-order valence-electron chi connectivity index (χ0n) is 26.0. The maximum atomic E-state index is 13.0. The molecule has 41 heavy (non-hydrogen) atoms. The summed E-state index contributed by atoms with van der Waals surface area (Å²) in [5.74, 6) is 2.42. The maximum absolute atomic E-state index is 13.0. The Morgan fingerprint density at radius 3 is 2.59 bits per heavy atom. The van der Waals surface area contributed by atoms with Crippen LogP contribution in [0.15, 0.2) is 16.8 Å². The third kappa shape index (κ3) is 5.74. The second-order valence-corrected chi connectivity index (χ2v) is 14.3. The molecule has 4 aliphatic carbocycles. The van der Waals surface area contributed by atoms with Crippen molar-refractivity contribution in [1.29, 1.82) is 0 Å². The fourth-order valence-electron chi connectivity index (χ4n) is 9.54. The highest BCUT2D eigenvalue weighted by atomic mass is 16.7. The summed E-state index contributed by atoms with van der Waals surface area (Å²) in [5, 5.41) is 7.76. The SMILES string of the molecule is CCN(CC1CCC(C(=O)OC(C)C)N1)C(=O)O/N=C(\C)[C@H]1CC[C@H]2[C@@H]3CCC4=CC(=O)CC[C@]4(C)[C@H]3CC[C@]12C. The lowest BCUT2D eigenvalue weighted by Gasteiger charge is -2.58. The Kier molecular flexibility index (Phi) is 8.71. The molecule has 0 bridgehead atoms. The lowest BCUT2D eigenvalue weighted by molar-refractivity contribution is -0.149. The average molecular weight is 570 g/mol. The molecule has 3 saturated carbocycles. The molecule has 8 heteroatoms. The smallest absolute Gasteiger partial charge is 0.436 e. The first kappa shape index (κ1) is 30.2. The van der Waals surface area contributed by atoms with Crippen molar-refractivity contribution in [3.63, 3.8) is 0 Å². The number of carbonyl (C=O) groups excluding carboxylic acids is 3. The number of rotatable bonds is 7. The lowest BCUT2D eigenvalue weighted by Crippen LogP contribution is -2.51. The summed E-state index contributed by atoms with van der Waals surface area (Å²) >= 11 is 0. The van der Waals surface area contributed by atoms with Gasteiger partial charge in [-0.3, -0.25) is 19.7 Å². The van der Waals surface area contributed by atoms with Gasteiger partial charge in [0.05, 0.1) is 11.8 Å². The number of esters is 1. The number of hydrogen-bond donors (Lipinski definition) is 1. The molecule has 0 aromatic carbocycles. The highest BCUT2D eigenvalue weighted by Crippen LogP contribution is 2.66. The third-order valence-electron chi connectivity index (χ3n) is 11.7. The van der Waals surface area contributed by atoms with E-state index in [4.69, 9.17) is 9.57 Å². The molecule has 1 amide bonds. The summed E-state index contributed by atoms with van der Waals surface area (Å²) in [6.07, 6.45) is 11.5. The standard InChI is InChI=1S/C33H51N3O5/c1-7-36(19-23-9-13-29(34-23)30(38)40-20(2)3)31(39)41-35-21(4)26-11-12-27-25-10-8-22-18-24(37)14-16-32(22,5)28(25)15-17-33(26,27)6/h18,20,23,25-29,34H,7-17,19H2,1-6H3/b35-21+/t23?,25-,26+,27-,28-,29?,32-,33+/m0/s1. The van der Waals surface area contributed by atoms with E-state index in [0.29, 0.717) is 55.4 Å². The molecule has 1 aliphatic heterocycles. The minimum Gasteiger partial charge on any atom is -0.462 e. The van der Waals surface area contributed by atoms with Gasteiger partial charge in [0.15, 0.2) is 5.78 Å². The van der Waals surface area contributed by atoms with Crippen molar-refractivity contribution in [1.82, 2.24) is 10.2 Å². The number of ether oxygens (including phenoxy) is 1. The monoisotopic (exact) mass is 569 g/mol. The van der Waals surface area contributed by atoms with Gasteiger partial charge in [0.2, 0.25) is 0 Å². The number of carbonyl (C=O) groups is 3. The molecule has 1 saturated heterocycles. The molecule has 228 valence electrons. The Morgan fingerprint density at radius 1 is 1.07 bits per heavy atom. The van der Waals surface area contributed by atoms with Crippen LogP contribution in [-0.4, -0.2) is 59.7 Å². The van der Waals surface area contributed by atoms with Gasteiger partial charge in [-0.1, -0.05) is 24.6 Å². The van der Waals surface area contributed by atoms with Crippen molar-refractivity contribution in [2.24, 2.45) is 39.7 Å². The molecular weight excluding hydrogens is 518 g/mol. The van der Waals surface area contributed by atoms with Crippen LogP contribution in [0.2, 0.25) is 0 Å². The molecule has 0 spiro atoms. The molecule has 0 radical (unpaired) electrons. The van der Waals surface area contributed by atoms with Crippen LogP contribution in [-0.2, 0) is 19.2 Å². The molecule has 8 atom stereocenters. The van der Waals surface area contributed by atoms with E-state index < -0.39 is 6.09 Å². The Bertz CT molecular complexity index is 1100. The van der Waals surface area contributed by atoms with Crippen LogP contribution in [0, 0.1) is 34.5 Å². The molecule has 0 aromatic rings. The largest absolute Gasteiger partial charge is 0.462 e. The van der Waals surface area contributed by atoms with E-state index in [2.05, 4.69) is 24.3 Å². The van der Waals surface area contributed by atoms with E-state index in [1.807, 2.05) is 33.8 Å². The second-order valence-electron chi connectivity index (χ2n) is 14.3. The minimum atomic E-state index is -0.434. The number of ketones is 1. The van der Waals surface area contributed by atoms with E-state index in [0.717, 1.165) is 37.8 Å². The first-order chi connectivity index (χ1) is 19.5. The quantitative estimate of drug-likeness (QED) is 0.174. The summed E-state index contributed by atoms with van der Waals surface area (Å²) in [6.45, 7) is 13.5. The van der Waals surface area contributed by atoms with E-state index in [-0.39, 0.29) is 35.0 Å². The molecule has 5 rings (SSSR count). The topological polar surface area (TPSA) is 97.3 Å². The number of allylic oxidation sites excluding steroid dienone is 1. The summed E-state index contributed by atoms with van der Waals surface area (Å²) < 4.78 is 5.34. The van der Waals surface area contributed by atoms with Gasteiger partial charge in [0.25, 0.3) is 0 Å². The van der Waals surface area contributed by atoms with Gasteiger partial charge in [-0.05, 0) is 120 Å². The van der Waals surface area contributed by atoms with Gasteiger partial charge in [-0.25, -0.2) is 4.79 Å². The Morgan fingerprint density at radius 2 is 1.85 bits per heavy atom. The van der Waals surface area contributed by atoms with Crippen molar-refractivity contribution >= 4 is 23.6 Å². The fraction of sp³-hybridized carbons (Fsp3) is 0.818. The van der Waals surface area contributed by atoms with Gasteiger partial charge in [0.1, 0.15) is 6.04 Å². The van der Waals surface area contributed by atoms with Crippen LogP contribution in [0.4, 0.5) is 4.79 Å². The average Bonchev–Trinajstić information content (AvgIpc) is 3.54. The number of hydrogen-bond acceptors (Lipinski definition) is 7. The van der Waals surface area contributed by atoms with Crippen molar-refractivity contribution in [3.05, 3.63) is 11.6 Å². The van der Waals surface area contributed by atoms with Crippen molar-refractivity contribution < 1.29 is 24.0 Å². The number of oxime groups is 1. The van der Waals surface area contributed by atoms with Gasteiger partial charge < -0.3 is 9.64 Å². The predicted molar refractivity (Wildman–Crippen MR) is 158 cm³/mol. The summed E-state index contributed by atoms with van der Waals surface area (Å²) in [7, 11) is 0. The fourth-order valence-corrected chi connectivity index (χ4v) is 9.54. The number of amides is 1. The van der Waals surface area contributed by atoms with Crippen LogP contribution in [0.3, 0.4) is 0 Å². The van der Waals surface area contributed by atoms with Gasteiger partial charge in [0, 0.05) is 31.5 Å². The molecule has 0 aromatic heterocycles. The van der Waals surface area contributed by atoms with Crippen LogP contribution in [0.1, 0.15) is 106 Å². The van der Waals surface area contributed by atoms with E-state index in [1.165, 1.54) is 24.8 Å². The molecular formula is C33H51N3O5. The Hall–Kier alpha value is -2.22. The molecule has 2 unspecified atom stereocenters.